The van der Waals surface area contributed by atoms with Crippen molar-refractivity contribution >= 4 is 52.3 Å². The van der Waals surface area contributed by atoms with Crippen LogP contribution < -0.4 is 15.5 Å². The van der Waals surface area contributed by atoms with E-state index < -0.39 is 0 Å². The lowest BCUT2D eigenvalue weighted by molar-refractivity contribution is -0.124. The Bertz CT molecular complexity index is 1760. The lowest BCUT2D eigenvalue weighted by atomic mass is 10.1. The molecule has 5 heterocycles. The van der Waals surface area contributed by atoms with Gasteiger partial charge < -0.3 is 15.0 Å². The molecule has 7 rings (SSSR count). The predicted molar refractivity (Wildman–Crippen MR) is 156 cm³/mol. The minimum absolute atomic E-state index is 0.00858. The van der Waals surface area contributed by atoms with Crippen molar-refractivity contribution in [2.75, 3.05) is 29.1 Å². The monoisotopic (exact) mass is 586 g/mol. The standard InChI is InChI=1S/C28H30N10O3S/c1-13(29-22-9-23(31-14(2)30-22)34-27(40)19-8-18(19)25-32-15(3)42-35-25)20-11-37-10-17(16-5-6-16)7-21(26(37)33-20)38-12-24(39)36(4)28(38)41/h7,9-11,13,16,18-19H,5-6,8,12H2,1-4H3,(H2,29,30,31,34,40)/t13-,18?,19?/m1/s1. The maximum absolute atomic E-state index is 12.9. The second-order valence-corrected chi connectivity index (χ2v) is 12.3. The molecule has 14 heteroatoms. The fourth-order valence-corrected chi connectivity index (χ4v) is 5.95. The number of fused-ring (bicyclic) bond motifs is 1. The Balaban J connectivity index is 1.11. The highest BCUT2D eigenvalue weighted by molar-refractivity contribution is 7.05. The first-order valence-electron chi connectivity index (χ1n) is 14.0. The van der Waals surface area contributed by atoms with Crippen molar-refractivity contribution in [1.29, 1.82) is 0 Å². The molecule has 0 spiro atoms. The minimum Gasteiger partial charge on any atom is -0.362 e. The van der Waals surface area contributed by atoms with Gasteiger partial charge in [0.2, 0.25) is 11.8 Å². The number of pyridine rings is 1. The molecule has 2 unspecified atom stereocenters. The van der Waals surface area contributed by atoms with Crippen LogP contribution in [0.3, 0.4) is 0 Å². The molecule has 4 aromatic heterocycles. The number of hydrogen-bond acceptors (Lipinski definition) is 10. The molecule has 1 saturated heterocycles. The van der Waals surface area contributed by atoms with Gasteiger partial charge in [0.05, 0.1) is 17.4 Å². The van der Waals surface area contributed by atoms with E-state index in [-0.39, 0.29) is 42.3 Å². The summed E-state index contributed by atoms with van der Waals surface area (Å²) in [6.45, 7) is 5.64. The van der Waals surface area contributed by atoms with Gasteiger partial charge in [-0.2, -0.15) is 4.37 Å². The number of amides is 4. The second-order valence-electron chi connectivity index (χ2n) is 11.3. The highest BCUT2D eigenvalue weighted by Gasteiger charge is 2.46. The zero-order chi connectivity index (χ0) is 29.3. The normalized spacial score (nSPS) is 20.9. The van der Waals surface area contributed by atoms with Crippen LogP contribution in [-0.4, -0.2) is 65.0 Å². The molecule has 13 nitrogen and oxygen atoms in total. The molecule has 216 valence electrons. The topological polar surface area (TPSA) is 151 Å². The van der Waals surface area contributed by atoms with Crippen LogP contribution in [0.4, 0.5) is 22.1 Å². The summed E-state index contributed by atoms with van der Waals surface area (Å²) in [5.74, 6) is 2.19. The van der Waals surface area contributed by atoms with E-state index in [1.807, 2.05) is 30.5 Å². The number of carbonyl (C=O) groups is 3. The Morgan fingerprint density at radius 2 is 1.86 bits per heavy atom. The Morgan fingerprint density at radius 1 is 1.07 bits per heavy atom. The van der Waals surface area contributed by atoms with E-state index in [4.69, 9.17) is 4.98 Å². The SMILES string of the molecule is Cc1nc(NC(=O)C2CC2c2nsc(C)n2)cc(N[C@H](C)c2cn3cc(C4CC4)cc(N4CC(=O)N(C)C4=O)c3n2)n1. The van der Waals surface area contributed by atoms with Gasteiger partial charge in [0, 0.05) is 37.3 Å². The Morgan fingerprint density at radius 3 is 2.55 bits per heavy atom. The van der Waals surface area contributed by atoms with Crippen LogP contribution in [0.2, 0.25) is 0 Å². The molecule has 4 amide bonds. The number of rotatable bonds is 8. The predicted octanol–water partition coefficient (Wildman–Crippen LogP) is 3.78. The molecule has 4 aromatic rings. The number of nitrogens with zero attached hydrogens (tertiary/aromatic N) is 8. The summed E-state index contributed by atoms with van der Waals surface area (Å²) in [4.78, 5) is 58.9. The molecule has 3 fully saturated rings. The molecule has 1 aliphatic heterocycles. The van der Waals surface area contributed by atoms with Crippen molar-refractivity contribution < 1.29 is 14.4 Å². The van der Waals surface area contributed by atoms with E-state index in [9.17, 15) is 14.4 Å². The van der Waals surface area contributed by atoms with Crippen LogP contribution in [0.1, 0.15) is 72.0 Å². The van der Waals surface area contributed by atoms with Crippen LogP contribution in [-0.2, 0) is 9.59 Å². The van der Waals surface area contributed by atoms with E-state index in [1.165, 1.54) is 23.5 Å². The molecule has 2 aliphatic carbocycles. The van der Waals surface area contributed by atoms with Gasteiger partial charge in [0.25, 0.3) is 0 Å². The maximum Gasteiger partial charge on any atom is 0.331 e. The number of carbonyl (C=O) groups excluding carboxylic acids is 3. The van der Waals surface area contributed by atoms with Gasteiger partial charge in [0.1, 0.15) is 34.8 Å². The Hall–Kier alpha value is -4.46. The molecular weight excluding hydrogens is 556 g/mol. The van der Waals surface area contributed by atoms with Crippen molar-refractivity contribution in [3.63, 3.8) is 0 Å². The first-order valence-corrected chi connectivity index (χ1v) is 14.8. The van der Waals surface area contributed by atoms with E-state index in [0.717, 1.165) is 46.3 Å². The number of aromatic nitrogens is 6. The zero-order valence-corrected chi connectivity index (χ0v) is 24.5. The molecule has 3 atom stereocenters. The van der Waals surface area contributed by atoms with E-state index in [2.05, 4.69) is 36.2 Å². The molecule has 0 aromatic carbocycles. The first-order chi connectivity index (χ1) is 20.1. The number of anilines is 3. The first kappa shape index (κ1) is 26.4. The smallest absolute Gasteiger partial charge is 0.331 e. The summed E-state index contributed by atoms with van der Waals surface area (Å²) >= 11 is 1.35. The Kier molecular flexibility index (Phi) is 6.18. The third-order valence-corrected chi connectivity index (χ3v) is 8.63. The van der Waals surface area contributed by atoms with Crippen molar-refractivity contribution in [3.05, 3.63) is 52.4 Å². The highest BCUT2D eigenvalue weighted by Crippen LogP contribution is 2.47. The lowest BCUT2D eigenvalue weighted by Gasteiger charge is -2.17. The van der Waals surface area contributed by atoms with Gasteiger partial charge >= 0.3 is 6.03 Å². The molecule has 3 aliphatic rings. The quantitative estimate of drug-likeness (QED) is 0.294. The van der Waals surface area contributed by atoms with Crippen molar-refractivity contribution in [1.82, 2.24) is 33.6 Å². The summed E-state index contributed by atoms with van der Waals surface area (Å²) in [5, 5.41) is 7.20. The second kappa shape index (κ2) is 9.82. The van der Waals surface area contributed by atoms with Gasteiger partial charge in [-0.05, 0) is 69.1 Å². The number of imidazole rings is 1. The van der Waals surface area contributed by atoms with Crippen LogP contribution in [0.25, 0.3) is 5.65 Å². The maximum atomic E-state index is 12.9. The average molecular weight is 587 g/mol. The lowest BCUT2D eigenvalue weighted by Crippen LogP contribution is -2.30. The number of aryl methyl sites for hydroxylation is 2. The fourth-order valence-electron chi connectivity index (χ4n) is 5.41. The van der Waals surface area contributed by atoms with Crippen LogP contribution in [0, 0.1) is 19.8 Å². The van der Waals surface area contributed by atoms with Crippen molar-refractivity contribution in [2.45, 2.75) is 57.9 Å². The average Bonchev–Trinajstić information content (AvgIpc) is 3.85. The summed E-state index contributed by atoms with van der Waals surface area (Å²) in [5.41, 5.74) is 3.10. The fraction of sp³-hybridized carbons (Fsp3) is 0.429. The summed E-state index contributed by atoms with van der Waals surface area (Å²) in [6.07, 6.45) is 6.92. The van der Waals surface area contributed by atoms with Crippen molar-refractivity contribution in [3.8, 4) is 0 Å². The van der Waals surface area contributed by atoms with E-state index in [1.54, 1.807) is 13.0 Å². The zero-order valence-electron chi connectivity index (χ0n) is 23.7. The van der Waals surface area contributed by atoms with Gasteiger partial charge in [-0.1, -0.05) is 0 Å². The summed E-state index contributed by atoms with van der Waals surface area (Å²) in [7, 11) is 1.50. The number of urea groups is 1. The molecule has 0 radical (unpaired) electrons. The molecular formula is C28H30N10O3S. The Labute approximate surface area is 245 Å². The van der Waals surface area contributed by atoms with Gasteiger partial charge in [-0.15, -0.1) is 0 Å². The number of hydrogen-bond donors (Lipinski definition) is 2. The number of nitrogens with one attached hydrogen (secondary N) is 2. The third kappa shape index (κ3) is 4.85. The molecule has 42 heavy (non-hydrogen) atoms. The molecule has 2 N–H and O–H groups in total. The van der Waals surface area contributed by atoms with Crippen LogP contribution >= 0.6 is 11.5 Å². The van der Waals surface area contributed by atoms with Gasteiger partial charge in [-0.3, -0.25) is 19.4 Å². The van der Waals surface area contributed by atoms with E-state index >= 15 is 0 Å². The van der Waals surface area contributed by atoms with Gasteiger partial charge in [-0.25, -0.2) is 24.7 Å². The third-order valence-electron chi connectivity index (χ3n) is 8.00. The highest BCUT2D eigenvalue weighted by atomic mass is 32.1. The summed E-state index contributed by atoms with van der Waals surface area (Å²) in [6, 6.07) is 3.09. The van der Waals surface area contributed by atoms with E-state index in [0.29, 0.717) is 34.7 Å². The molecule has 2 saturated carbocycles. The van der Waals surface area contributed by atoms with Crippen LogP contribution in [0.5, 0.6) is 0 Å². The van der Waals surface area contributed by atoms with Crippen molar-refractivity contribution in [2.24, 2.45) is 5.92 Å². The van der Waals surface area contributed by atoms with Gasteiger partial charge in [0.15, 0.2) is 5.65 Å². The largest absolute Gasteiger partial charge is 0.362 e. The summed E-state index contributed by atoms with van der Waals surface area (Å²) < 4.78 is 6.29. The number of imide groups is 1. The minimum atomic E-state index is -0.355. The molecule has 0 bridgehead atoms. The number of likely N-dealkylation sites (N-methyl/N-ethyl adjacent to an activating group) is 1. The van der Waals surface area contributed by atoms with Crippen LogP contribution in [0.15, 0.2) is 24.5 Å².